The maximum atomic E-state index is 13.6. The van der Waals surface area contributed by atoms with E-state index in [0.29, 0.717) is 11.1 Å². The summed E-state index contributed by atoms with van der Waals surface area (Å²) in [5.74, 6) is 0. The van der Waals surface area contributed by atoms with Gasteiger partial charge >= 0.3 is 12.4 Å². The van der Waals surface area contributed by atoms with Crippen molar-refractivity contribution in [2.24, 2.45) is 0 Å². The summed E-state index contributed by atoms with van der Waals surface area (Å²) in [6, 6.07) is 45.0. The number of rotatable bonds is 4. The zero-order valence-corrected chi connectivity index (χ0v) is 29.7. The molecule has 7 aromatic carbocycles. The van der Waals surface area contributed by atoms with Crippen molar-refractivity contribution in [2.45, 2.75) is 26.2 Å². The fourth-order valence-electron chi connectivity index (χ4n) is 8.20. The Hall–Kier alpha value is -6.22. The first kappa shape index (κ1) is 34.5. The van der Waals surface area contributed by atoms with E-state index in [0.717, 1.165) is 97.0 Å². The topological polar surface area (TPSA) is 6.48 Å². The highest BCUT2D eigenvalue weighted by molar-refractivity contribution is 7.00. The molecule has 7 aromatic rings. The fourth-order valence-corrected chi connectivity index (χ4v) is 8.20. The van der Waals surface area contributed by atoms with Crippen molar-refractivity contribution in [1.29, 1.82) is 0 Å². The van der Waals surface area contributed by atoms with Crippen LogP contribution >= 0.6 is 0 Å². The first-order valence-corrected chi connectivity index (χ1v) is 17.9. The van der Waals surface area contributed by atoms with Gasteiger partial charge in [-0.3, -0.25) is 0 Å². The van der Waals surface area contributed by atoms with E-state index >= 15 is 0 Å². The van der Waals surface area contributed by atoms with Crippen molar-refractivity contribution in [2.75, 3.05) is 9.80 Å². The lowest BCUT2D eigenvalue weighted by atomic mass is 9.33. The zero-order valence-electron chi connectivity index (χ0n) is 29.7. The molecule has 0 spiro atoms. The minimum atomic E-state index is -4.45. The monoisotopic (exact) mass is 736 g/mol. The molecule has 0 saturated carbocycles. The summed E-state index contributed by atoms with van der Waals surface area (Å²) < 4.78 is 81.5. The van der Waals surface area contributed by atoms with Crippen LogP contribution < -0.4 is 26.2 Å². The van der Waals surface area contributed by atoms with E-state index in [1.165, 1.54) is 24.3 Å². The summed E-state index contributed by atoms with van der Waals surface area (Å²) in [5.41, 5.74) is 12.2. The number of halogens is 6. The van der Waals surface area contributed by atoms with Gasteiger partial charge in [0.1, 0.15) is 0 Å². The number of alkyl halides is 6. The van der Waals surface area contributed by atoms with E-state index in [4.69, 9.17) is 0 Å². The van der Waals surface area contributed by atoms with E-state index in [1.807, 2.05) is 54.6 Å². The first-order chi connectivity index (χ1) is 26.4. The molecule has 0 unspecified atom stereocenters. The summed E-state index contributed by atoms with van der Waals surface area (Å²) in [6.45, 7) is 3.96. The molecule has 55 heavy (non-hydrogen) atoms. The molecule has 0 saturated heterocycles. The van der Waals surface area contributed by atoms with Gasteiger partial charge in [0.25, 0.3) is 6.71 Å². The second-order valence-electron chi connectivity index (χ2n) is 14.1. The predicted molar refractivity (Wildman–Crippen MR) is 211 cm³/mol. The first-order valence-electron chi connectivity index (χ1n) is 17.9. The summed E-state index contributed by atoms with van der Waals surface area (Å²) in [7, 11) is 0. The molecule has 0 aromatic heterocycles. The van der Waals surface area contributed by atoms with Crippen molar-refractivity contribution in [3.05, 3.63) is 174 Å². The highest BCUT2D eigenvalue weighted by atomic mass is 19.4. The van der Waals surface area contributed by atoms with E-state index < -0.39 is 23.5 Å². The van der Waals surface area contributed by atoms with Crippen molar-refractivity contribution in [3.63, 3.8) is 0 Å². The Kier molecular flexibility index (Phi) is 7.97. The third-order valence-electron chi connectivity index (χ3n) is 10.6. The number of benzene rings is 7. The standard InChI is InChI=1S/C46H31BF6N2/c1-28-14-24-40-36(26-28)47-37-27-29(2)15-25-41(37)55(39-11-6-4-9-35(39)31-18-22-33(23-19-31)46(51,52)53)43-13-7-12-42(44(43)47)54(40)38-10-5-3-8-34(38)30-16-20-32(21-17-30)45(48,49)50/h3-27H,1-2H3. The third-order valence-corrected chi connectivity index (χ3v) is 10.6. The molecule has 0 N–H and O–H groups in total. The van der Waals surface area contributed by atoms with Gasteiger partial charge < -0.3 is 9.80 Å². The Morgan fingerprint density at radius 1 is 0.400 bits per heavy atom. The third kappa shape index (κ3) is 5.77. The summed E-state index contributed by atoms with van der Waals surface area (Å²) in [4.78, 5) is 4.41. The lowest BCUT2D eigenvalue weighted by Gasteiger charge is -2.45. The number of aryl methyl sites for hydroxylation is 2. The van der Waals surface area contributed by atoms with Gasteiger partial charge in [-0.2, -0.15) is 26.3 Å². The highest BCUT2D eigenvalue weighted by Crippen LogP contribution is 2.48. The Labute approximate surface area is 315 Å². The number of hydrogen-bond acceptors (Lipinski definition) is 2. The number of hydrogen-bond donors (Lipinski definition) is 0. The van der Waals surface area contributed by atoms with Crippen molar-refractivity contribution in [1.82, 2.24) is 0 Å². The van der Waals surface area contributed by atoms with E-state index in [2.05, 4.69) is 72.2 Å². The molecule has 9 rings (SSSR count). The van der Waals surface area contributed by atoms with Crippen LogP contribution in [0.5, 0.6) is 0 Å². The molecule has 0 aliphatic carbocycles. The second kappa shape index (κ2) is 12.7. The Morgan fingerprint density at radius 3 is 1.18 bits per heavy atom. The second-order valence-corrected chi connectivity index (χ2v) is 14.1. The van der Waals surface area contributed by atoms with Crippen molar-refractivity contribution >= 4 is 57.2 Å². The van der Waals surface area contributed by atoms with Gasteiger partial charge in [0.2, 0.25) is 0 Å². The molecule has 2 aliphatic heterocycles. The van der Waals surface area contributed by atoms with Crippen LogP contribution in [-0.4, -0.2) is 6.71 Å². The van der Waals surface area contributed by atoms with Crippen LogP contribution in [0.2, 0.25) is 0 Å². The molecule has 0 fully saturated rings. The molecular formula is C46H31BF6N2. The number of fused-ring (bicyclic) bond motifs is 4. The molecule has 2 nitrogen and oxygen atoms in total. The van der Waals surface area contributed by atoms with Gasteiger partial charge in [0, 0.05) is 33.9 Å². The Bertz CT molecular complexity index is 2440. The maximum absolute atomic E-state index is 13.6. The molecule has 0 radical (unpaired) electrons. The Balaban J connectivity index is 1.29. The van der Waals surface area contributed by atoms with Crippen molar-refractivity contribution < 1.29 is 26.3 Å². The maximum Gasteiger partial charge on any atom is 0.416 e. The van der Waals surface area contributed by atoms with Crippen LogP contribution in [0.25, 0.3) is 22.3 Å². The lowest BCUT2D eigenvalue weighted by Crippen LogP contribution is -2.61. The van der Waals surface area contributed by atoms with E-state index in [9.17, 15) is 26.3 Å². The fraction of sp³-hybridized carbons (Fsp3) is 0.0870. The van der Waals surface area contributed by atoms with Crippen LogP contribution in [0.4, 0.5) is 60.5 Å². The van der Waals surface area contributed by atoms with Crippen LogP contribution in [0.15, 0.2) is 152 Å². The van der Waals surface area contributed by atoms with Crippen LogP contribution in [0, 0.1) is 13.8 Å². The molecule has 0 amide bonds. The largest absolute Gasteiger partial charge is 0.416 e. The number of anilines is 6. The van der Waals surface area contributed by atoms with Crippen LogP contribution in [0.3, 0.4) is 0 Å². The molecular weight excluding hydrogens is 705 g/mol. The summed E-state index contributed by atoms with van der Waals surface area (Å²) in [5, 5.41) is 0. The average molecular weight is 737 g/mol. The molecule has 2 heterocycles. The van der Waals surface area contributed by atoms with Crippen LogP contribution in [0.1, 0.15) is 22.3 Å². The van der Waals surface area contributed by atoms with Gasteiger partial charge in [0.05, 0.1) is 22.5 Å². The van der Waals surface area contributed by atoms with Gasteiger partial charge in [-0.1, -0.05) is 102 Å². The summed E-state index contributed by atoms with van der Waals surface area (Å²) in [6.07, 6.45) is -8.91. The molecule has 0 bridgehead atoms. The van der Waals surface area contributed by atoms with E-state index in [1.54, 1.807) is 0 Å². The number of nitrogens with zero attached hydrogens (tertiary/aromatic N) is 2. The van der Waals surface area contributed by atoms with Gasteiger partial charge in [-0.15, -0.1) is 0 Å². The zero-order chi connectivity index (χ0) is 38.2. The predicted octanol–water partition coefficient (Wildman–Crippen LogP) is 11.8. The van der Waals surface area contributed by atoms with E-state index in [-0.39, 0.29) is 6.71 Å². The van der Waals surface area contributed by atoms with Gasteiger partial charge in [0.15, 0.2) is 0 Å². The smallest absolute Gasteiger partial charge is 0.311 e. The van der Waals surface area contributed by atoms with Gasteiger partial charge in [-0.25, -0.2) is 0 Å². The molecule has 9 heteroatoms. The Morgan fingerprint density at radius 2 is 0.782 bits per heavy atom. The highest BCUT2D eigenvalue weighted by Gasteiger charge is 2.44. The molecule has 0 atom stereocenters. The minimum absolute atomic E-state index is 0.167. The average Bonchev–Trinajstić information content (AvgIpc) is 3.17. The lowest BCUT2D eigenvalue weighted by molar-refractivity contribution is -0.138. The SMILES string of the molecule is Cc1ccc2c(c1)B1c3cc(C)ccc3N(c3ccccc3-c3ccc(C(F)(F)F)cc3)c3cccc(c31)N2c1ccccc1-c1ccc(C(F)(F)F)cc1. The van der Waals surface area contributed by atoms with Gasteiger partial charge in [-0.05, 0) is 102 Å². The number of para-hydroxylation sites is 2. The summed E-state index contributed by atoms with van der Waals surface area (Å²) >= 11 is 0. The molecule has 270 valence electrons. The normalized spacial score (nSPS) is 13.3. The minimum Gasteiger partial charge on any atom is -0.311 e. The molecule has 2 aliphatic rings. The quantitative estimate of drug-likeness (QED) is 0.131. The van der Waals surface area contributed by atoms with Crippen molar-refractivity contribution in [3.8, 4) is 22.3 Å². The van der Waals surface area contributed by atoms with Crippen LogP contribution in [-0.2, 0) is 12.4 Å².